The van der Waals surface area contributed by atoms with E-state index in [2.05, 4.69) is 14.9 Å². The summed E-state index contributed by atoms with van der Waals surface area (Å²) < 4.78 is 17.3. The lowest BCUT2D eigenvalue weighted by atomic mass is 10.3. The van der Waals surface area contributed by atoms with Crippen molar-refractivity contribution >= 4 is 16.8 Å². The molecule has 0 unspecified atom stereocenters. The summed E-state index contributed by atoms with van der Waals surface area (Å²) in [6, 6.07) is 1.95. The Balaban J connectivity index is 2.86. The van der Waals surface area contributed by atoms with E-state index in [9.17, 15) is 14.5 Å². The summed E-state index contributed by atoms with van der Waals surface area (Å²) in [7, 11) is 0. The zero-order chi connectivity index (χ0) is 9.42. The van der Waals surface area contributed by atoms with Crippen molar-refractivity contribution in [3.8, 4) is 0 Å². The topological polar surface area (TPSA) is 82.1 Å². The third kappa shape index (κ3) is 1.01. The molecular weight excluding hydrogens is 181 g/mol. The van der Waals surface area contributed by atoms with Gasteiger partial charge in [-0.1, -0.05) is 0 Å². The lowest BCUT2D eigenvalue weighted by molar-refractivity contribution is -0.383. The van der Waals surface area contributed by atoms with Gasteiger partial charge >= 0.3 is 5.69 Å². The molecule has 0 saturated carbocycles. The number of nitro benzene ring substituents is 1. The molecule has 66 valence electrons. The van der Waals surface area contributed by atoms with Gasteiger partial charge in [0, 0.05) is 11.3 Å². The van der Waals surface area contributed by atoms with E-state index in [0.717, 1.165) is 12.1 Å². The Labute approximate surface area is 70.1 Å². The zero-order valence-corrected chi connectivity index (χ0v) is 6.10. The Morgan fingerprint density at radius 2 is 2.31 bits per heavy atom. The van der Waals surface area contributed by atoms with Crippen molar-refractivity contribution in [1.29, 1.82) is 0 Å². The van der Waals surface area contributed by atoms with Crippen LogP contribution in [0.1, 0.15) is 0 Å². The molecule has 1 aromatic carbocycles. The highest BCUT2D eigenvalue weighted by Gasteiger charge is 2.19. The first kappa shape index (κ1) is 7.59. The standard InChI is InChI=1S/C6H2FN3O3/c7-3-1-2-4(10(11)12)5-6(3)13-9-8-5/h1-2H. The third-order valence-corrected chi connectivity index (χ3v) is 1.53. The van der Waals surface area contributed by atoms with E-state index in [1.165, 1.54) is 0 Å². The minimum absolute atomic E-state index is 0.176. The summed E-state index contributed by atoms with van der Waals surface area (Å²) in [4.78, 5) is 9.72. The van der Waals surface area contributed by atoms with Crippen LogP contribution in [0.2, 0.25) is 0 Å². The van der Waals surface area contributed by atoms with E-state index >= 15 is 0 Å². The molecule has 0 radical (unpaired) electrons. The summed E-state index contributed by atoms with van der Waals surface area (Å²) >= 11 is 0. The number of halogens is 1. The molecule has 0 aliphatic heterocycles. The Bertz CT molecular complexity index is 481. The number of rotatable bonds is 1. The normalized spacial score (nSPS) is 10.5. The number of nitro groups is 1. The fourth-order valence-electron chi connectivity index (χ4n) is 0.969. The Morgan fingerprint density at radius 3 is 3.00 bits per heavy atom. The maximum absolute atomic E-state index is 12.9. The van der Waals surface area contributed by atoms with Crippen LogP contribution in [0, 0.1) is 15.9 Å². The van der Waals surface area contributed by atoms with Crippen molar-refractivity contribution in [2.45, 2.75) is 0 Å². The Morgan fingerprint density at radius 1 is 1.54 bits per heavy atom. The molecular formula is C6H2FN3O3. The van der Waals surface area contributed by atoms with Crippen LogP contribution in [-0.2, 0) is 0 Å². The summed E-state index contributed by atoms with van der Waals surface area (Å²) in [6.45, 7) is 0. The van der Waals surface area contributed by atoms with Gasteiger partial charge in [-0.2, -0.15) is 0 Å². The van der Waals surface area contributed by atoms with E-state index in [1.807, 2.05) is 0 Å². The average molecular weight is 183 g/mol. The molecule has 1 aromatic heterocycles. The van der Waals surface area contributed by atoms with Crippen molar-refractivity contribution in [2.75, 3.05) is 0 Å². The molecule has 0 fully saturated rings. The highest BCUT2D eigenvalue weighted by molar-refractivity contribution is 5.82. The van der Waals surface area contributed by atoms with E-state index < -0.39 is 10.7 Å². The van der Waals surface area contributed by atoms with Gasteiger partial charge in [0.2, 0.25) is 11.1 Å². The summed E-state index contributed by atoms with van der Waals surface area (Å²) in [5.74, 6) is -0.717. The van der Waals surface area contributed by atoms with Gasteiger partial charge in [0.1, 0.15) is 0 Å². The quantitative estimate of drug-likeness (QED) is 0.491. The molecule has 2 rings (SSSR count). The second-order valence-electron chi connectivity index (χ2n) is 2.27. The van der Waals surface area contributed by atoms with Gasteiger partial charge in [-0.25, -0.2) is 4.39 Å². The van der Waals surface area contributed by atoms with Crippen LogP contribution in [-0.4, -0.2) is 15.3 Å². The molecule has 0 saturated heterocycles. The zero-order valence-electron chi connectivity index (χ0n) is 6.10. The predicted octanol–water partition coefficient (Wildman–Crippen LogP) is 1.27. The summed E-state index contributed by atoms with van der Waals surface area (Å²) in [5.41, 5.74) is -0.795. The monoisotopic (exact) mass is 183 g/mol. The largest absolute Gasteiger partial charge is 0.333 e. The number of nitrogens with zero attached hydrogens (tertiary/aromatic N) is 3. The maximum Gasteiger partial charge on any atom is 0.301 e. The lowest BCUT2D eigenvalue weighted by Crippen LogP contribution is -1.90. The van der Waals surface area contributed by atoms with Crippen molar-refractivity contribution in [3.63, 3.8) is 0 Å². The second kappa shape index (κ2) is 2.47. The minimum Gasteiger partial charge on any atom is -0.333 e. The van der Waals surface area contributed by atoms with Gasteiger partial charge in [-0.05, 0) is 6.07 Å². The summed E-state index contributed by atoms with van der Waals surface area (Å²) in [5, 5.41) is 16.7. The van der Waals surface area contributed by atoms with Crippen LogP contribution >= 0.6 is 0 Å². The number of hydrogen-bond acceptors (Lipinski definition) is 5. The van der Waals surface area contributed by atoms with Crippen molar-refractivity contribution in [1.82, 2.24) is 10.4 Å². The molecule has 0 bridgehead atoms. The van der Waals surface area contributed by atoms with Gasteiger partial charge in [-0.15, -0.1) is 5.10 Å². The average Bonchev–Trinajstić information content (AvgIpc) is 2.53. The van der Waals surface area contributed by atoms with E-state index in [1.54, 1.807) is 0 Å². The first-order chi connectivity index (χ1) is 6.20. The molecule has 0 N–H and O–H groups in total. The number of fused-ring (bicyclic) bond motifs is 1. The van der Waals surface area contributed by atoms with Crippen molar-refractivity contribution < 1.29 is 13.8 Å². The molecule has 0 aliphatic rings. The number of aromatic nitrogens is 2. The van der Waals surface area contributed by atoms with Gasteiger partial charge < -0.3 is 4.52 Å². The molecule has 2 aromatic rings. The maximum atomic E-state index is 12.9. The Kier molecular flexibility index (Phi) is 1.44. The van der Waals surface area contributed by atoms with Gasteiger partial charge in [0.05, 0.1) is 4.92 Å². The summed E-state index contributed by atoms with van der Waals surface area (Å²) in [6.07, 6.45) is 0. The van der Waals surface area contributed by atoms with Gasteiger partial charge in [0.15, 0.2) is 5.82 Å². The van der Waals surface area contributed by atoms with Crippen molar-refractivity contribution in [3.05, 3.63) is 28.1 Å². The van der Waals surface area contributed by atoms with Crippen LogP contribution in [0.4, 0.5) is 10.1 Å². The third-order valence-electron chi connectivity index (χ3n) is 1.53. The van der Waals surface area contributed by atoms with Crippen LogP contribution in [0.3, 0.4) is 0 Å². The predicted molar refractivity (Wildman–Crippen MR) is 38.4 cm³/mol. The first-order valence-corrected chi connectivity index (χ1v) is 3.25. The molecule has 1 heterocycles. The SMILES string of the molecule is O=[N+]([O-])c1ccc(F)c2onnc12. The van der Waals surface area contributed by atoms with Crippen LogP contribution in [0.15, 0.2) is 16.7 Å². The van der Waals surface area contributed by atoms with Crippen molar-refractivity contribution in [2.24, 2.45) is 0 Å². The van der Waals surface area contributed by atoms with E-state index in [0.29, 0.717) is 0 Å². The molecule has 0 amide bonds. The van der Waals surface area contributed by atoms with E-state index in [-0.39, 0.29) is 16.8 Å². The number of hydrogen-bond donors (Lipinski definition) is 0. The second-order valence-corrected chi connectivity index (χ2v) is 2.27. The fourth-order valence-corrected chi connectivity index (χ4v) is 0.969. The molecule has 13 heavy (non-hydrogen) atoms. The molecule has 7 heteroatoms. The lowest BCUT2D eigenvalue weighted by Gasteiger charge is -1.90. The fraction of sp³-hybridized carbons (Fsp3) is 0. The molecule has 0 spiro atoms. The molecule has 0 atom stereocenters. The van der Waals surface area contributed by atoms with Crippen LogP contribution < -0.4 is 0 Å². The molecule has 0 aliphatic carbocycles. The first-order valence-electron chi connectivity index (χ1n) is 3.25. The van der Waals surface area contributed by atoms with Gasteiger partial charge in [0.25, 0.3) is 0 Å². The van der Waals surface area contributed by atoms with Crippen LogP contribution in [0.25, 0.3) is 11.1 Å². The Hall–Kier alpha value is -2.05. The highest BCUT2D eigenvalue weighted by atomic mass is 19.1. The minimum atomic E-state index is -0.717. The van der Waals surface area contributed by atoms with Gasteiger partial charge in [-0.3, -0.25) is 10.1 Å². The van der Waals surface area contributed by atoms with E-state index in [4.69, 9.17) is 0 Å². The molecule has 6 nitrogen and oxygen atoms in total. The number of non-ortho nitro benzene ring substituents is 1. The van der Waals surface area contributed by atoms with Crippen LogP contribution in [0.5, 0.6) is 0 Å². The highest BCUT2D eigenvalue weighted by Crippen LogP contribution is 2.24. The number of benzene rings is 1. The smallest absolute Gasteiger partial charge is 0.301 e.